The van der Waals surface area contributed by atoms with E-state index >= 15 is 0 Å². The van der Waals surface area contributed by atoms with Gasteiger partial charge in [-0.2, -0.15) is 5.26 Å². The third-order valence-corrected chi connectivity index (χ3v) is 1.72. The minimum Gasteiger partial charge on any atom is -0.326 e. The predicted molar refractivity (Wildman–Crippen MR) is 48.4 cm³/mol. The van der Waals surface area contributed by atoms with Gasteiger partial charge in [0.2, 0.25) is 0 Å². The van der Waals surface area contributed by atoms with Crippen LogP contribution in [0.5, 0.6) is 0 Å². The van der Waals surface area contributed by atoms with Crippen LogP contribution < -0.4 is 5.73 Å². The highest BCUT2D eigenvalue weighted by molar-refractivity contribution is 5.30. The maximum Gasteiger partial charge on any atom is 0.0669 e. The zero-order valence-electron chi connectivity index (χ0n) is 7.17. The molecule has 0 atom stereocenters. The van der Waals surface area contributed by atoms with E-state index in [1.54, 1.807) is 0 Å². The number of hydrogen-bond acceptors (Lipinski definition) is 2. The van der Waals surface area contributed by atoms with Crippen LogP contribution in [0.1, 0.15) is 16.7 Å². The first-order valence-corrected chi connectivity index (χ1v) is 3.92. The highest BCUT2D eigenvalue weighted by atomic mass is 14.5. The van der Waals surface area contributed by atoms with Crippen molar-refractivity contribution in [2.24, 2.45) is 5.73 Å². The molecule has 2 N–H and O–H groups in total. The van der Waals surface area contributed by atoms with Gasteiger partial charge in [0.05, 0.1) is 12.5 Å². The molecule has 0 bridgehead atoms. The van der Waals surface area contributed by atoms with Gasteiger partial charge in [0.25, 0.3) is 0 Å². The van der Waals surface area contributed by atoms with Crippen molar-refractivity contribution >= 4 is 0 Å². The lowest BCUT2D eigenvalue weighted by Crippen LogP contribution is -1.98. The average molecular weight is 160 g/mol. The Kier molecular flexibility index (Phi) is 2.84. The second-order valence-electron chi connectivity index (χ2n) is 2.87. The third kappa shape index (κ3) is 2.08. The lowest BCUT2D eigenvalue weighted by molar-refractivity contribution is 1.05. The zero-order chi connectivity index (χ0) is 8.97. The molecule has 0 aliphatic carbocycles. The maximum atomic E-state index is 8.49. The van der Waals surface area contributed by atoms with E-state index in [-0.39, 0.29) is 0 Å². The molecule has 0 amide bonds. The van der Waals surface area contributed by atoms with Gasteiger partial charge < -0.3 is 5.73 Å². The predicted octanol–water partition coefficient (Wildman–Crippen LogP) is 1.52. The number of benzene rings is 1. The molecule has 1 rings (SSSR count). The summed E-state index contributed by atoms with van der Waals surface area (Å²) >= 11 is 0. The monoisotopic (exact) mass is 160 g/mol. The van der Waals surface area contributed by atoms with Gasteiger partial charge in [-0.15, -0.1) is 0 Å². The van der Waals surface area contributed by atoms with Crippen molar-refractivity contribution < 1.29 is 0 Å². The van der Waals surface area contributed by atoms with Crippen LogP contribution in [0.25, 0.3) is 0 Å². The number of aryl methyl sites for hydroxylation is 1. The Hall–Kier alpha value is -1.33. The Morgan fingerprint density at radius 3 is 2.58 bits per heavy atom. The minimum atomic E-state index is 0.467. The Morgan fingerprint density at radius 2 is 2.00 bits per heavy atom. The fraction of sp³-hybridized carbons (Fsp3) is 0.300. The summed E-state index contributed by atoms with van der Waals surface area (Å²) in [5.74, 6) is 0. The van der Waals surface area contributed by atoms with Crippen molar-refractivity contribution in [3.05, 3.63) is 34.9 Å². The quantitative estimate of drug-likeness (QED) is 0.713. The molecule has 0 aromatic heterocycles. The summed E-state index contributed by atoms with van der Waals surface area (Å²) < 4.78 is 0. The van der Waals surface area contributed by atoms with E-state index in [4.69, 9.17) is 11.0 Å². The molecule has 0 aliphatic heterocycles. The van der Waals surface area contributed by atoms with E-state index in [0.29, 0.717) is 13.0 Å². The van der Waals surface area contributed by atoms with Crippen LogP contribution in [-0.2, 0) is 13.0 Å². The van der Waals surface area contributed by atoms with Gasteiger partial charge in [-0.3, -0.25) is 0 Å². The molecule has 0 radical (unpaired) electrons. The molecule has 0 unspecified atom stereocenters. The molecule has 0 spiro atoms. The number of nitrogens with two attached hydrogens (primary N) is 1. The molecule has 12 heavy (non-hydrogen) atoms. The lowest BCUT2D eigenvalue weighted by atomic mass is 10.0. The second kappa shape index (κ2) is 3.89. The molecular formula is C10H12N2. The molecule has 1 aromatic rings. The van der Waals surface area contributed by atoms with Gasteiger partial charge in [-0.1, -0.05) is 23.8 Å². The lowest BCUT2D eigenvalue weighted by Gasteiger charge is -2.02. The van der Waals surface area contributed by atoms with Crippen LogP contribution in [0.3, 0.4) is 0 Å². The average Bonchev–Trinajstić information content (AvgIpc) is 2.04. The van der Waals surface area contributed by atoms with E-state index in [1.807, 2.05) is 25.1 Å². The smallest absolute Gasteiger partial charge is 0.0669 e. The summed E-state index contributed by atoms with van der Waals surface area (Å²) in [4.78, 5) is 0. The van der Waals surface area contributed by atoms with Crippen molar-refractivity contribution in [1.29, 1.82) is 5.26 Å². The summed E-state index contributed by atoms with van der Waals surface area (Å²) in [7, 11) is 0. The third-order valence-electron chi connectivity index (χ3n) is 1.72. The first kappa shape index (κ1) is 8.76. The Balaban J connectivity index is 2.99. The number of hydrogen-bond donors (Lipinski definition) is 1. The van der Waals surface area contributed by atoms with Crippen molar-refractivity contribution in [1.82, 2.24) is 0 Å². The number of nitriles is 1. The number of rotatable bonds is 2. The summed E-state index contributed by atoms with van der Waals surface area (Å²) in [6, 6.07) is 8.16. The summed E-state index contributed by atoms with van der Waals surface area (Å²) in [5.41, 5.74) is 8.82. The Morgan fingerprint density at radius 1 is 1.33 bits per heavy atom. The first-order chi connectivity index (χ1) is 5.76. The fourth-order valence-corrected chi connectivity index (χ4v) is 1.26. The first-order valence-electron chi connectivity index (χ1n) is 3.92. The van der Waals surface area contributed by atoms with Gasteiger partial charge in [-0.25, -0.2) is 0 Å². The van der Waals surface area contributed by atoms with Gasteiger partial charge in [0.1, 0.15) is 0 Å². The van der Waals surface area contributed by atoms with Crippen LogP contribution in [0, 0.1) is 18.3 Å². The fourth-order valence-electron chi connectivity index (χ4n) is 1.26. The molecule has 0 heterocycles. The summed E-state index contributed by atoms with van der Waals surface area (Å²) in [6.07, 6.45) is 0.467. The Bertz CT molecular complexity index is 310. The molecule has 62 valence electrons. The van der Waals surface area contributed by atoms with Crippen molar-refractivity contribution in [2.75, 3.05) is 0 Å². The van der Waals surface area contributed by atoms with Crippen LogP contribution >= 0.6 is 0 Å². The van der Waals surface area contributed by atoms with Crippen LogP contribution in [0.15, 0.2) is 18.2 Å². The SMILES string of the molecule is Cc1cc(CN)cc(CC#N)c1. The van der Waals surface area contributed by atoms with Crippen LogP contribution in [-0.4, -0.2) is 0 Å². The van der Waals surface area contributed by atoms with Gasteiger partial charge in [-0.05, 0) is 18.1 Å². The van der Waals surface area contributed by atoms with E-state index < -0.39 is 0 Å². The van der Waals surface area contributed by atoms with Gasteiger partial charge in [0, 0.05) is 6.54 Å². The van der Waals surface area contributed by atoms with Crippen molar-refractivity contribution in [2.45, 2.75) is 19.9 Å². The Labute approximate surface area is 72.6 Å². The van der Waals surface area contributed by atoms with E-state index in [9.17, 15) is 0 Å². The highest BCUT2D eigenvalue weighted by Crippen LogP contribution is 2.09. The standard InChI is InChI=1S/C10H12N2/c1-8-4-9(2-3-11)6-10(5-8)7-12/h4-6H,2,7,12H2,1H3. The summed E-state index contributed by atoms with van der Waals surface area (Å²) in [6.45, 7) is 2.56. The molecular weight excluding hydrogens is 148 g/mol. The molecule has 0 fully saturated rings. The van der Waals surface area contributed by atoms with Gasteiger partial charge >= 0.3 is 0 Å². The van der Waals surface area contributed by atoms with E-state index in [1.165, 1.54) is 5.56 Å². The number of nitrogens with zero attached hydrogens (tertiary/aromatic N) is 1. The zero-order valence-corrected chi connectivity index (χ0v) is 7.17. The molecule has 0 saturated heterocycles. The van der Waals surface area contributed by atoms with E-state index in [0.717, 1.165) is 11.1 Å². The largest absolute Gasteiger partial charge is 0.326 e. The highest BCUT2D eigenvalue weighted by Gasteiger charge is 1.96. The maximum absolute atomic E-state index is 8.49. The van der Waals surface area contributed by atoms with Crippen molar-refractivity contribution in [3.63, 3.8) is 0 Å². The van der Waals surface area contributed by atoms with Crippen LogP contribution in [0.2, 0.25) is 0 Å². The normalized spacial score (nSPS) is 9.42. The second-order valence-corrected chi connectivity index (χ2v) is 2.87. The van der Waals surface area contributed by atoms with E-state index in [2.05, 4.69) is 6.07 Å². The molecule has 2 nitrogen and oxygen atoms in total. The summed E-state index contributed by atoms with van der Waals surface area (Å²) in [5, 5.41) is 8.49. The molecule has 1 aromatic carbocycles. The van der Waals surface area contributed by atoms with Gasteiger partial charge in [0.15, 0.2) is 0 Å². The van der Waals surface area contributed by atoms with Crippen LogP contribution in [0.4, 0.5) is 0 Å². The van der Waals surface area contributed by atoms with Crippen molar-refractivity contribution in [3.8, 4) is 6.07 Å². The minimum absolute atomic E-state index is 0.467. The topological polar surface area (TPSA) is 49.8 Å². The molecule has 0 saturated carbocycles. The molecule has 2 heteroatoms. The molecule has 0 aliphatic rings.